The number of nitrogens with one attached hydrogen (secondary N) is 1. The molecule has 102 valence electrons. The third-order valence-corrected chi connectivity index (χ3v) is 4.16. The fraction of sp³-hybridized carbons (Fsp3) is 0.143. The van der Waals surface area contributed by atoms with Gasteiger partial charge >= 0.3 is 0 Å². The molecular formula is C14H11BrFN3S. The highest BCUT2D eigenvalue weighted by Gasteiger charge is 2.13. The number of H-pyrrole nitrogens is 1. The number of nitrogens with zero attached hydrogens (tertiary/aromatic N) is 2. The number of aryl methyl sites for hydroxylation is 2. The van der Waals surface area contributed by atoms with Crippen LogP contribution in [0, 0.1) is 24.4 Å². The van der Waals surface area contributed by atoms with Gasteiger partial charge in [0.1, 0.15) is 5.82 Å². The fourth-order valence-corrected chi connectivity index (χ4v) is 2.97. The lowest BCUT2D eigenvalue weighted by molar-refractivity contribution is 0.619. The van der Waals surface area contributed by atoms with Gasteiger partial charge in [-0.1, -0.05) is 0 Å². The number of aromatic amines is 1. The van der Waals surface area contributed by atoms with Gasteiger partial charge in [-0.2, -0.15) is 0 Å². The van der Waals surface area contributed by atoms with Gasteiger partial charge < -0.3 is 4.98 Å². The van der Waals surface area contributed by atoms with Crippen LogP contribution in [0.1, 0.15) is 11.1 Å². The Hall–Kier alpha value is -1.53. The number of aromatic nitrogens is 3. The molecule has 0 unspecified atom stereocenters. The van der Waals surface area contributed by atoms with E-state index in [4.69, 9.17) is 12.2 Å². The van der Waals surface area contributed by atoms with E-state index in [0.29, 0.717) is 20.6 Å². The predicted molar refractivity (Wildman–Crippen MR) is 83.4 cm³/mol. The molecule has 3 aromatic rings. The Bertz CT molecular complexity index is 882. The first-order chi connectivity index (χ1) is 9.49. The van der Waals surface area contributed by atoms with Crippen molar-refractivity contribution in [3.8, 4) is 5.69 Å². The van der Waals surface area contributed by atoms with E-state index in [1.807, 2.05) is 19.9 Å². The summed E-state index contributed by atoms with van der Waals surface area (Å²) in [5.74, 6) is -0.325. The Morgan fingerprint density at radius 2 is 2.05 bits per heavy atom. The second-order valence-electron chi connectivity index (χ2n) is 4.64. The summed E-state index contributed by atoms with van der Waals surface area (Å²) in [5.41, 5.74) is 4.24. The van der Waals surface area contributed by atoms with Crippen LogP contribution in [-0.4, -0.2) is 14.5 Å². The lowest BCUT2D eigenvalue weighted by Gasteiger charge is -2.09. The molecule has 0 aliphatic carbocycles. The van der Waals surface area contributed by atoms with Gasteiger partial charge in [-0.15, -0.1) is 0 Å². The second kappa shape index (κ2) is 4.79. The minimum atomic E-state index is -0.325. The Morgan fingerprint density at radius 3 is 2.80 bits per heavy atom. The van der Waals surface area contributed by atoms with Crippen molar-refractivity contribution < 1.29 is 4.39 Å². The third kappa shape index (κ3) is 1.99. The van der Waals surface area contributed by atoms with Crippen molar-refractivity contribution in [2.45, 2.75) is 13.8 Å². The van der Waals surface area contributed by atoms with Crippen molar-refractivity contribution >= 4 is 39.3 Å². The van der Waals surface area contributed by atoms with Gasteiger partial charge in [-0.3, -0.25) is 4.57 Å². The summed E-state index contributed by atoms with van der Waals surface area (Å²) >= 11 is 8.55. The highest BCUT2D eigenvalue weighted by Crippen LogP contribution is 2.26. The molecule has 3 nitrogen and oxygen atoms in total. The van der Waals surface area contributed by atoms with E-state index in [9.17, 15) is 4.39 Å². The van der Waals surface area contributed by atoms with Crippen LogP contribution in [0.15, 0.2) is 28.9 Å². The predicted octanol–water partition coefficient (Wildman–Crippen LogP) is 4.60. The molecule has 20 heavy (non-hydrogen) atoms. The maximum absolute atomic E-state index is 13.8. The Morgan fingerprint density at radius 1 is 1.30 bits per heavy atom. The zero-order chi connectivity index (χ0) is 14.4. The van der Waals surface area contributed by atoms with Gasteiger partial charge in [-0.25, -0.2) is 9.37 Å². The van der Waals surface area contributed by atoms with E-state index in [-0.39, 0.29) is 5.82 Å². The number of hydrogen-bond acceptors (Lipinski definition) is 2. The molecule has 0 aliphatic heterocycles. The van der Waals surface area contributed by atoms with Crippen molar-refractivity contribution in [2.75, 3.05) is 0 Å². The van der Waals surface area contributed by atoms with Gasteiger partial charge in [-0.05, 0) is 71.3 Å². The van der Waals surface area contributed by atoms with E-state index in [1.165, 1.54) is 6.07 Å². The van der Waals surface area contributed by atoms with Crippen molar-refractivity contribution in [1.29, 1.82) is 0 Å². The maximum Gasteiger partial charge on any atom is 0.184 e. The Labute approximate surface area is 128 Å². The van der Waals surface area contributed by atoms with E-state index < -0.39 is 0 Å². The molecule has 6 heteroatoms. The summed E-state index contributed by atoms with van der Waals surface area (Å²) in [6, 6.07) is 5.11. The minimum absolute atomic E-state index is 0.325. The largest absolute Gasteiger partial charge is 0.329 e. The molecule has 3 rings (SSSR count). The van der Waals surface area contributed by atoms with E-state index >= 15 is 0 Å². The van der Waals surface area contributed by atoms with Crippen LogP contribution < -0.4 is 0 Å². The molecule has 1 aromatic carbocycles. The number of benzene rings is 1. The standard InChI is InChI=1S/C14H11BrFN3S/c1-7-3-4-17-13-12(7)18-14(20)19(13)11-6-10(16)9(15)5-8(11)2/h3-6H,1-2H3,(H,18,20). The highest BCUT2D eigenvalue weighted by molar-refractivity contribution is 9.10. The molecule has 1 N–H and O–H groups in total. The summed E-state index contributed by atoms with van der Waals surface area (Å²) in [6.45, 7) is 3.89. The summed E-state index contributed by atoms with van der Waals surface area (Å²) in [4.78, 5) is 7.50. The van der Waals surface area contributed by atoms with Crippen molar-refractivity contribution in [1.82, 2.24) is 14.5 Å². The molecule has 0 spiro atoms. The SMILES string of the molecule is Cc1cc(Br)c(F)cc1-n1c(=S)[nH]c2c(C)ccnc21. The molecule has 0 radical (unpaired) electrons. The average Bonchev–Trinajstić information content (AvgIpc) is 2.72. The summed E-state index contributed by atoms with van der Waals surface area (Å²) in [5, 5.41) is 0. The topological polar surface area (TPSA) is 33.6 Å². The van der Waals surface area contributed by atoms with Crippen LogP contribution in [-0.2, 0) is 0 Å². The summed E-state index contributed by atoms with van der Waals surface area (Å²) in [7, 11) is 0. The van der Waals surface area contributed by atoms with Gasteiger partial charge in [0, 0.05) is 6.20 Å². The summed E-state index contributed by atoms with van der Waals surface area (Å²) in [6.07, 6.45) is 1.72. The first-order valence-corrected chi connectivity index (χ1v) is 7.21. The first-order valence-electron chi connectivity index (χ1n) is 6.01. The van der Waals surface area contributed by atoms with Crippen LogP contribution >= 0.6 is 28.1 Å². The molecule has 0 saturated carbocycles. The normalized spacial score (nSPS) is 11.2. The molecule has 2 heterocycles. The van der Waals surface area contributed by atoms with E-state index in [0.717, 1.165) is 16.6 Å². The number of imidazole rings is 1. The van der Waals surface area contributed by atoms with E-state index in [1.54, 1.807) is 16.8 Å². The molecular weight excluding hydrogens is 341 g/mol. The lowest BCUT2D eigenvalue weighted by atomic mass is 10.2. The average molecular weight is 352 g/mol. The smallest absolute Gasteiger partial charge is 0.184 e. The molecule has 0 fully saturated rings. The van der Waals surface area contributed by atoms with Gasteiger partial charge in [0.15, 0.2) is 10.4 Å². The number of halogens is 2. The monoisotopic (exact) mass is 351 g/mol. The maximum atomic E-state index is 13.8. The van der Waals surface area contributed by atoms with Crippen molar-refractivity contribution in [3.05, 3.63) is 50.6 Å². The van der Waals surface area contributed by atoms with Crippen LogP contribution in [0.25, 0.3) is 16.9 Å². The zero-order valence-electron chi connectivity index (χ0n) is 10.9. The number of pyridine rings is 1. The molecule has 0 amide bonds. The van der Waals surface area contributed by atoms with Gasteiger partial charge in [0.25, 0.3) is 0 Å². The van der Waals surface area contributed by atoms with Gasteiger partial charge in [0.2, 0.25) is 0 Å². The quantitative estimate of drug-likeness (QED) is 0.650. The number of rotatable bonds is 1. The minimum Gasteiger partial charge on any atom is -0.329 e. The van der Waals surface area contributed by atoms with Gasteiger partial charge in [0.05, 0.1) is 15.7 Å². The molecule has 0 bridgehead atoms. The van der Waals surface area contributed by atoms with Crippen molar-refractivity contribution in [2.24, 2.45) is 0 Å². The zero-order valence-corrected chi connectivity index (χ0v) is 13.3. The Balaban J connectivity index is 2.41. The molecule has 2 aromatic heterocycles. The number of hydrogen-bond donors (Lipinski definition) is 1. The highest BCUT2D eigenvalue weighted by atomic mass is 79.9. The van der Waals surface area contributed by atoms with Crippen molar-refractivity contribution in [3.63, 3.8) is 0 Å². The van der Waals surface area contributed by atoms with E-state index in [2.05, 4.69) is 25.9 Å². The summed E-state index contributed by atoms with van der Waals surface area (Å²) < 4.78 is 16.5. The molecule has 0 saturated heterocycles. The van der Waals surface area contributed by atoms with Crippen LogP contribution in [0.3, 0.4) is 0 Å². The van der Waals surface area contributed by atoms with Crippen LogP contribution in [0.5, 0.6) is 0 Å². The third-order valence-electron chi connectivity index (χ3n) is 3.27. The van der Waals surface area contributed by atoms with Crippen LogP contribution in [0.2, 0.25) is 0 Å². The Kier molecular flexibility index (Phi) is 3.22. The first kappa shape index (κ1) is 13.5. The lowest BCUT2D eigenvalue weighted by Crippen LogP contribution is -2.00. The molecule has 0 aliphatic rings. The fourth-order valence-electron chi connectivity index (χ4n) is 2.23. The van der Waals surface area contributed by atoms with Crippen LogP contribution in [0.4, 0.5) is 4.39 Å². The second-order valence-corrected chi connectivity index (χ2v) is 5.89. The molecule has 0 atom stereocenters. The number of fused-ring (bicyclic) bond motifs is 1.